The van der Waals surface area contributed by atoms with Crippen LogP contribution in [0.2, 0.25) is 0 Å². The molecule has 0 saturated heterocycles. The van der Waals surface area contributed by atoms with Crippen LogP contribution in [-0.2, 0) is 0 Å². The number of para-hydroxylation sites is 2. The number of rotatable bonds is 3. The van der Waals surface area contributed by atoms with Crippen molar-refractivity contribution in [3.63, 3.8) is 0 Å². The van der Waals surface area contributed by atoms with Crippen LogP contribution in [0.3, 0.4) is 0 Å². The molecule has 0 aliphatic rings. The predicted octanol–water partition coefficient (Wildman–Crippen LogP) is 11.0. The lowest BCUT2D eigenvalue weighted by atomic mass is 10.1. The Balaban J connectivity index is 0.000000145. The van der Waals surface area contributed by atoms with Crippen LogP contribution in [0.15, 0.2) is 175 Å². The summed E-state index contributed by atoms with van der Waals surface area (Å²) in [7, 11) is 0. The number of hydrogen-bond acceptors (Lipinski definition) is 4. The second-order valence-electron chi connectivity index (χ2n) is 12.7. The molecule has 0 fully saturated rings. The first-order valence-electron chi connectivity index (χ1n) is 17.0. The van der Waals surface area contributed by atoms with Gasteiger partial charge in [-0.3, -0.25) is 8.80 Å². The number of halogens is 1. The lowest BCUT2D eigenvalue weighted by molar-refractivity contribution is 1.11. The Bertz CT molecular complexity index is 3060. The average molecular weight is 735 g/mol. The van der Waals surface area contributed by atoms with Gasteiger partial charge in [-0.1, -0.05) is 125 Å². The fourth-order valence-corrected chi connectivity index (χ4v) is 7.64. The summed E-state index contributed by atoms with van der Waals surface area (Å²) in [6, 6.07) is 54.5. The van der Waals surface area contributed by atoms with E-state index >= 15 is 0 Å². The Morgan fingerprint density at radius 2 is 0.885 bits per heavy atom. The van der Waals surface area contributed by atoms with E-state index in [-0.39, 0.29) is 0 Å². The molecule has 0 amide bonds. The van der Waals surface area contributed by atoms with Crippen LogP contribution in [0.25, 0.3) is 83.1 Å². The zero-order chi connectivity index (χ0) is 34.6. The second-order valence-corrected chi connectivity index (χ2v) is 13.6. The number of aromatic nitrogens is 7. The first-order valence-corrected chi connectivity index (χ1v) is 17.8. The van der Waals surface area contributed by atoms with Crippen LogP contribution in [0, 0.1) is 0 Å². The van der Waals surface area contributed by atoms with Gasteiger partial charge in [-0.15, -0.1) is 20.4 Å². The SMILES string of the molecule is Brc1cccc(-c2nnc3c4ccccc4ccn23)c1.c1cc(-c2nnc3c4ccccc4ccn23)cc(-n2c3ccccc3c3ccccc32)c1. The maximum Gasteiger partial charge on any atom is 0.168 e. The highest BCUT2D eigenvalue weighted by Crippen LogP contribution is 2.33. The van der Waals surface area contributed by atoms with Gasteiger partial charge in [-0.2, -0.15) is 0 Å². The molecule has 0 aliphatic heterocycles. The Morgan fingerprint density at radius 1 is 0.404 bits per heavy atom. The van der Waals surface area contributed by atoms with Crippen molar-refractivity contribution in [1.82, 2.24) is 33.8 Å². The van der Waals surface area contributed by atoms with E-state index in [1.54, 1.807) is 0 Å². The molecule has 5 heterocycles. The van der Waals surface area contributed by atoms with E-state index in [9.17, 15) is 0 Å². The largest absolute Gasteiger partial charge is 0.309 e. The summed E-state index contributed by atoms with van der Waals surface area (Å²) in [6.07, 6.45) is 4.08. The van der Waals surface area contributed by atoms with Crippen molar-refractivity contribution >= 4 is 70.6 Å². The molecule has 52 heavy (non-hydrogen) atoms. The number of benzene rings is 6. The predicted molar refractivity (Wildman–Crippen MR) is 214 cm³/mol. The summed E-state index contributed by atoms with van der Waals surface area (Å²) in [5.74, 6) is 1.69. The van der Waals surface area contributed by atoms with Gasteiger partial charge in [0.15, 0.2) is 22.9 Å². The summed E-state index contributed by atoms with van der Waals surface area (Å²) in [5, 5.41) is 24.9. The van der Waals surface area contributed by atoms with Crippen LogP contribution in [0.5, 0.6) is 0 Å². The van der Waals surface area contributed by atoms with Gasteiger partial charge in [0.1, 0.15) is 0 Å². The van der Waals surface area contributed by atoms with Gasteiger partial charge in [0.25, 0.3) is 0 Å². The molecule has 0 N–H and O–H groups in total. The molecule has 246 valence electrons. The molecule has 6 aromatic carbocycles. The van der Waals surface area contributed by atoms with Crippen molar-refractivity contribution < 1.29 is 0 Å². The smallest absolute Gasteiger partial charge is 0.168 e. The van der Waals surface area contributed by atoms with Gasteiger partial charge in [-0.05, 0) is 59.3 Å². The number of nitrogens with zero attached hydrogens (tertiary/aromatic N) is 7. The molecular formula is C44H28BrN7. The molecule has 5 aromatic heterocycles. The van der Waals surface area contributed by atoms with Gasteiger partial charge >= 0.3 is 0 Å². The first-order chi connectivity index (χ1) is 25.7. The molecule has 0 unspecified atom stereocenters. The van der Waals surface area contributed by atoms with Crippen molar-refractivity contribution in [2.45, 2.75) is 0 Å². The third-order valence-electron chi connectivity index (χ3n) is 9.63. The normalized spacial score (nSPS) is 11.6. The summed E-state index contributed by atoms with van der Waals surface area (Å²) >= 11 is 3.49. The highest BCUT2D eigenvalue weighted by atomic mass is 79.9. The highest BCUT2D eigenvalue weighted by molar-refractivity contribution is 9.10. The van der Waals surface area contributed by atoms with Crippen LogP contribution < -0.4 is 0 Å². The zero-order valence-electron chi connectivity index (χ0n) is 27.7. The van der Waals surface area contributed by atoms with Crippen LogP contribution in [-0.4, -0.2) is 33.8 Å². The Labute approximate surface area is 306 Å². The standard InChI is InChI=1S/C28H18N4.C16H10BrN3/c1-2-11-22-19(8-1)16-17-31-27(29-30-28(22)31)20-9-7-10-21(18-20)32-25-14-5-3-12-23(25)24-13-4-6-15-26(24)32;17-13-6-3-5-12(10-13)15-18-19-16-14-7-2-1-4-11(14)8-9-20(15)16/h1-18H;1-10H. The molecule has 0 atom stereocenters. The van der Waals surface area contributed by atoms with Crippen molar-refractivity contribution in [2.24, 2.45) is 0 Å². The minimum Gasteiger partial charge on any atom is -0.309 e. The third-order valence-corrected chi connectivity index (χ3v) is 10.1. The van der Waals surface area contributed by atoms with Gasteiger partial charge in [0.2, 0.25) is 0 Å². The molecule has 0 aliphatic carbocycles. The van der Waals surface area contributed by atoms with E-state index in [4.69, 9.17) is 0 Å². The van der Waals surface area contributed by atoms with Crippen molar-refractivity contribution in [2.75, 3.05) is 0 Å². The number of hydrogen-bond donors (Lipinski definition) is 0. The summed E-state index contributed by atoms with van der Waals surface area (Å²) in [5.41, 5.74) is 7.34. The summed E-state index contributed by atoms with van der Waals surface area (Å²) in [4.78, 5) is 0. The quantitative estimate of drug-likeness (QED) is 0.181. The summed E-state index contributed by atoms with van der Waals surface area (Å²) < 4.78 is 7.47. The second kappa shape index (κ2) is 12.3. The molecule has 0 bridgehead atoms. The van der Waals surface area contributed by atoms with Gasteiger partial charge in [-0.25, -0.2) is 0 Å². The average Bonchev–Trinajstić information content (AvgIpc) is 3.93. The van der Waals surface area contributed by atoms with E-state index in [1.165, 1.54) is 27.2 Å². The molecule has 11 rings (SSSR count). The van der Waals surface area contributed by atoms with Crippen LogP contribution in [0.1, 0.15) is 0 Å². The summed E-state index contributed by atoms with van der Waals surface area (Å²) in [6.45, 7) is 0. The van der Waals surface area contributed by atoms with Crippen LogP contribution >= 0.6 is 15.9 Å². The van der Waals surface area contributed by atoms with Crippen molar-refractivity contribution in [1.29, 1.82) is 0 Å². The first kappa shape index (κ1) is 30.2. The lowest BCUT2D eigenvalue weighted by Crippen LogP contribution is -1.95. The van der Waals surface area contributed by atoms with Gasteiger partial charge < -0.3 is 4.57 Å². The Morgan fingerprint density at radius 3 is 1.44 bits per heavy atom. The van der Waals surface area contributed by atoms with E-state index in [1.807, 2.05) is 59.1 Å². The van der Waals surface area contributed by atoms with Crippen molar-refractivity contribution in [3.05, 3.63) is 175 Å². The monoisotopic (exact) mass is 733 g/mol. The van der Waals surface area contributed by atoms with E-state index in [0.717, 1.165) is 60.4 Å². The highest BCUT2D eigenvalue weighted by Gasteiger charge is 2.15. The van der Waals surface area contributed by atoms with E-state index in [2.05, 4.69) is 161 Å². The van der Waals surface area contributed by atoms with Gasteiger partial charge in [0, 0.05) is 55.2 Å². The Hall–Kier alpha value is -6.64. The lowest BCUT2D eigenvalue weighted by Gasteiger charge is -2.10. The topological polar surface area (TPSA) is 65.3 Å². The maximum absolute atomic E-state index is 4.57. The van der Waals surface area contributed by atoms with Crippen molar-refractivity contribution in [3.8, 4) is 28.5 Å². The van der Waals surface area contributed by atoms with E-state index in [0.29, 0.717) is 0 Å². The molecule has 0 radical (unpaired) electrons. The Kier molecular flexibility index (Phi) is 7.14. The number of fused-ring (bicyclic) bond motifs is 9. The molecule has 11 aromatic rings. The third kappa shape index (κ3) is 4.95. The minimum atomic E-state index is 0.841. The van der Waals surface area contributed by atoms with Gasteiger partial charge in [0.05, 0.1) is 11.0 Å². The molecule has 0 saturated carbocycles. The fourth-order valence-electron chi connectivity index (χ4n) is 7.24. The van der Waals surface area contributed by atoms with E-state index < -0.39 is 0 Å². The molecule has 8 heteroatoms. The number of pyridine rings is 2. The molecular weight excluding hydrogens is 706 g/mol. The van der Waals surface area contributed by atoms with Crippen LogP contribution in [0.4, 0.5) is 0 Å². The molecule has 0 spiro atoms. The fraction of sp³-hybridized carbons (Fsp3) is 0. The molecule has 7 nitrogen and oxygen atoms in total. The maximum atomic E-state index is 4.57. The zero-order valence-corrected chi connectivity index (χ0v) is 29.3. The minimum absolute atomic E-state index is 0.841.